The summed E-state index contributed by atoms with van der Waals surface area (Å²) in [6, 6.07) is 0. The van der Waals surface area contributed by atoms with Crippen molar-refractivity contribution in [2.24, 2.45) is 0 Å². The maximum Gasteiger partial charge on any atom is 0.206 e. The Hall–Kier alpha value is -2.12. The van der Waals surface area contributed by atoms with Gasteiger partial charge in [-0.2, -0.15) is 8.78 Å². The minimum absolute atomic E-state index is 0.152. The molecule has 0 atom stereocenters. The zero-order valence-electron chi connectivity index (χ0n) is 9.34. The van der Waals surface area contributed by atoms with E-state index in [0.717, 1.165) is 0 Å². The summed E-state index contributed by atoms with van der Waals surface area (Å²) in [7, 11) is 0. The van der Waals surface area contributed by atoms with Crippen LogP contribution < -0.4 is 4.74 Å². The number of imidazole rings is 1. The van der Waals surface area contributed by atoms with Crippen LogP contribution in [0.2, 0.25) is 0 Å². The molecule has 0 radical (unpaired) electrons. The van der Waals surface area contributed by atoms with Crippen molar-refractivity contribution in [3.63, 3.8) is 0 Å². The number of hydrogen-bond acceptors (Lipinski definition) is 2. The van der Waals surface area contributed by atoms with Gasteiger partial charge in [0, 0.05) is 12.4 Å². The first-order valence-electron chi connectivity index (χ1n) is 5.12. The smallest absolute Gasteiger partial charge is 0.206 e. The molecule has 1 aromatic carbocycles. The van der Waals surface area contributed by atoms with E-state index >= 15 is 0 Å². The Morgan fingerprint density at radius 3 is 2.05 bits per heavy atom. The molecule has 0 aliphatic carbocycles. The van der Waals surface area contributed by atoms with Crippen molar-refractivity contribution >= 4 is 0 Å². The second-order valence-corrected chi connectivity index (χ2v) is 3.55. The number of aromatic nitrogens is 2. The van der Waals surface area contributed by atoms with Crippen LogP contribution in [0.1, 0.15) is 0 Å². The van der Waals surface area contributed by atoms with Gasteiger partial charge in [-0.25, -0.2) is 18.2 Å². The maximum atomic E-state index is 13.2. The Morgan fingerprint density at radius 1 is 0.947 bits per heavy atom. The minimum atomic E-state index is -2.21. The molecule has 2 rings (SSSR count). The number of ether oxygens (including phenoxy) is 1. The second-order valence-electron chi connectivity index (χ2n) is 3.55. The van der Waals surface area contributed by atoms with Crippen LogP contribution in [0.25, 0.3) is 0 Å². The van der Waals surface area contributed by atoms with Gasteiger partial charge in [0.05, 0.1) is 12.9 Å². The molecule has 0 fully saturated rings. The normalized spacial score (nSPS) is 10.8. The molecule has 19 heavy (non-hydrogen) atoms. The number of benzene rings is 1. The zero-order valence-corrected chi connectivity index (χ0v) is 9.34. The van der Waals surface area contributed by atoms with E-state index in [-0.39, 0.29) is 13.2 Å². The molecule has 1 aromatic heterocycles. The van der Waals surface area contributed by atoms with E-state index in [1.807, 2.05) is 0 Å². The summed E-state index contributed by atoms with van der Waals surface area (Å²) < 4.78 is 71.0. The first-order valence-corrected chi connectivity index (χ1v) is 5.12. The third-order valence-electron chi connectivity index (χ3n) is 2.32. The zero-order chi connectivity index (χ0) is 14.0. The van der Waals surface area contributed by atoms with E-state index in [4.69, 9.17) is 0 Å². The Morgan fingerprint density at radius 2 is 1.53 bits per heavy atom. The van der Waals surface area contributed by atoms with Crippen LogP contribution in [0.15, 0.2) is 18.7 Å². The fourth-order valence-electron chi connectivity index (χ4n) is 1.38. The standard InChI is InChI=1S/C11H7F5N2O/c12-6-7(13)9(15)11(10(16)8(6)14)19-4-3-18-2-1-17-5-18/h1-2,5H,3-4H2. The van der Waals surface area contributed by atoms with Crippen molar-refractivity contribution in [3.8, 4) is 5.75 Å². The summed E-state index contributed by atoms with van der Waals surface area (Å²) in [4.78, 5) is 3.71. The van der Waals surface area contributed by atoms with Crippen LogP contribution in [0.5, 0.6) is 5.75 Å². The third-order valence-corrected chi connectivity index (χ3v) is 2.32. The van der Waals surface area contributed by atoms with Crippen molar-refractivity contribution in [2.75, 3.05) is 6.61 Å². The predicted molar refractivity (Wildman–Crippen MR) is 54.0 cm³/mol. The third kappa shape index (κ3) is 2.51. The fourth-order valence-corrected chi connectivity index (χ4v) is 1.38. The predicted octanol–water partition coefficient (Wildman–Crippen LogP) is 2.66. The van der Waals surface area contributed by atoms with Gasteiger partial charge >= 0.3 is 0 Å². The molecule has 0 amide bonds. The van der Waals surface area contributed by atoms with Gasteiger partial charge in [-0.05, 0) is 0 Å². The van der Waals surface area contributed by atoms with E-state index < -0.39 is 34.8 Å². The van der Waals surface area contributed by atoms with Gasteiger partial charge in [0.2, 0.25) is 29.1 Å². The highest BCUT2D eigenvalue weighted by Gasteiger charge is 2.26. The average Bonchev–Trinajstić information content (AvgIpc) is 2.91. The molecule has 8 heteroatoms. The van der Waals surface area contributed by atoms with Gasteiger partial charge in [-0.15, -0.1) is 0 Å². The van der Waals surface area contributed by atoms with E-state index in [1.54, 1.807) is 6.20 Å². The number of nitrogens with zero attached hydrogens (tertiary/aromatic N) is 2. The Kier molecular flexibility index (Phi) is 3.68. The Balaban J connectivity index is 2.16. The average molecular weight is 278 g/mol. The molecule has 0 aliphatic rings. The lowest BCUT2D eigenvalue weighted by molar-refractivity contribution is 0.251. The number of hydrogen-bond donors (Lipinski definition) is 0. The second kappa shape index (κ2) is 5.25. The van der Waals surface area contributed by atoms with Crippen LogP contribution in [0.3, 0.4) is 0 Å². The monoisotopic (exact) mass is 278 g/mol. The molecule has 0 saturated carbocycles. The van der Waals surface area contributed by atoms with Crippen molar-refractivity contribution in [1.82, 2.24) is 9.55 Å². The van der Waals surface area contributed by atoms with Crippen LogP contribution >= 0.6 is 0 Å². The highest BCUT2D eigenvalue weighted by molar-refractivity contribution is 5.29. The molecule has 2 aromatic rings. The van der Waals surface area contributed by atoms with Crippen molar-refractivity contribution in [3.05, 3.63) is 47.8 Å². The molecule has 0 unspecified atom stereocenters. The topological polar surface area (TPSA) is 27.1 Å². The van der Waals surface area contributed by atoms with E-state index in [9.17, 15) is 22.0 Å². The van der Waals surface area contributed by atoms with Crippen LogP contribution in [0.4, 0.5) is 22.0 Å². The first kappa shape index (κ1) is 13.3. The fraction of sp³-hybridized carbons (Fsp3) is 0.182. The highest BCUT2D eigenvalue weighted by Crippen LogP contribution is 2.28. The summed E-state index contributed by atoms with van der Waals surface area (Å²) in [5.74, 6) is -11.5. The van der Waals surface area contributed by atoms with Gasteiger partial charge in [0.25, 0.3) is 0 Å². The van der Waals surface area contributed by atoms with Crippen LogP contribution in [-0.4, -0.2) is 16.2 Å². The van der Waals surface area contributed by atoms with E-state index in [0.29, 0.717) is 0 Å². The summed E-state index contributed by atoms with van der Waals surface area (Å²) >= 11 is 0. The van der Waals surface area contributed by atoms with Gasteiger partial charge in [-0.1, -0.05) is 0 Å². The van der Waals surface area contributed by atoms with Crippen molar-refractivity contribution < 1.29 is 26.7 Å². The molecule has 0 saturated heterocycles. The molecule has 3 nitrogen and oxygen atoms in total. The lowest BCUT2D eigenvalue weighted by Gasteiger charge is -2.10. The van der Waals surface area contributed by atoms with Crippen molar-refractivity contribution in [1.29, 1.82) is 0 Å². The number of halogens is 5. The number of rotatable bonds is 4. The van der Waals surface area contributed by atoms with E-state index in [2.05, 4.69) is 9.72 Å². The summed E-state index contributed by atoms with van der Waals surface area (Å²) in [6.07, 6.45) is 4.45. The Bertz CT molecular complexity index is 556. The molecular formula is C11H7F5N2O. The highest BCUT2D eigenvalue weighted by atomic mass is 19.2. The lowest BCUT2D eigenvalue weighted by atomic mass is 10.2. The minimum Gasteiger partial charge on any atom is -0.486 e. The molecule has 0 bridgehead atoms. The van der Waals surface area contributed by atoms with Crippen LogP contribution in [-0.2, 0) is 6.54 Å². The van der Waals surface area contributed by atoms with Gasteiger partial charge in [0.15, 0.2) is 5.75 Å². The summed E-state index contributed by atoms with van der Waals surface area (Å²) in [5.41, 5.74) is 0. The molecule has 0 spiro atoms. The Labute approximate surface area is 104 Å². The SMILES string of the molecule is Fc1c(F)c(F)c(OCCn2ccnc2)c(F)c1F. The molecule has 0 aliphatic heterocycles. The van der Waals surface area contributed by atoms with Crippen molar-refractivity contribution in [2.45, 2.75) is 6.54 Å². The van der Waals surface area contributed by atoms with E-state index in [1.165, 1.54) is 17.1 Å². The summed E-state index contributed by atoms with van der Waals surface area (Å²) in [6.45, 7) is -0.117. The molecule has 0 N–H and O–H groups in total. The van der Waals surface area contributed by atoms with Gasteiger partial charge in [0.1, 0.15) is 6.61 Å². The van der Waals surface area contributed by atoms with Gasteiger partial charge in [-0.3, -0.25) is 0 Å². The first-order chi connectivity index (χ1) is 9.02. The molecular weight excluding hydrogens is 271 g/mol. The quantitative estimate of drug-likeness (QED) is 0.488. The molecule has 1 heterocycles. The largest absolute Gasteiger partial charge is 0.486 e. The lowest BCUT2D eigenvalue weighted by Crippen LogP contribution is -2.11. The summed E-state index contributed by atoms with van der Waals surface area (Å²) in [5, 5.41) is 0. The van der Waals surface area contributed by atoms with Gasteiger partial charge < -0.3 is 9.30 Å². The van der Waals surface area contributed by atoms with Crippen LogP contribution in [0, 0.1) is 29.1 Å². The molecule has 102 valence electrons. The maximum absolute atomic E-state index is 13.2.